The summed E-state index contributed by atoms with van der Waals surface area (Å²) in [5, 5.41) is 12.4. The lowest BCUT2D eigenvalue weighted by molar-refractivity contribution is -0.146. The van der Waals surface area contributed by atoms with Crippen molar-refractivity contribution in [3.63, 3.8) is 0 Å². The van der Waals surface area contributed by atoms with Crippen LogP contribution in [0.4, 0.5) is 4.79 Å². The molecule has 3 aliphatic rings. The fourth-order valence-electron chi connectivity index (χ4n) is 6.00. The van der Waals surface area contributed by atoms with Crippen molar-refractivity contribution < 1.29 is 24.2 Å². The summed E-state index contributed by atoms with van der Waals surface area (Å²) in [6.07, 6.45) is 1.75. The monoisotopic (exact) mass is 476 g/mol. The third kappa shape index (κ3) is 4.07. The van der Waals surface area contributed by atoms with Gasteiger partial charge < -0.3 is 20.1 Å². The molecule has 1 saturated carbocycles. The highest BCUT2D eigenvalue weighted by atomic mass is 16.5. The molecule has 1 aliphatic heterocycles. The Morgan fingerprint density at radius 3 is 2.14 bits per heavy atom. The van der Waals surface area contributed by atoms with Crippen LogP contribution < -0.4 is 5.32 Å². The van der Waals surface area contributed by atoms with Crippen molar-refractivity contribution in [2.75, 3.05) is 26.2 Å². The van der Waals surface area contributed by atoms with E-state index in [0.29, 0.717) is 19.4 Å². The number of fused-ring (bicyclic) bond motifs is 3. The summed E-state index contributed by atoms with van der Waals surface area (Å²) in [5.74, 6) is -1.53. The zero-order valence-electron chi connectivity index (χ0n) is 20.3. The number of carbonyl (C=O) groups is 3. The number of nitrogens with zero attached hydrogens (tertiary/aromatic N) is 1. The average Bonchev–Trinajstić information content (AvgIpc) is 3.31. The van der Waals surface area contributed by atoms with E-state index in [4.69, 9.17) is 4.74 Å². The number of carbonyl (C=O) groups excluding carboxylic acids is 2. The number of carboxylic acid groups (broad SMARTS) is 1. The predicted octanol–water partition coefficient (Wildman–Crippen LogP) is 4.26. The van der Waals surface area contributed by atoms with Gasteiger partial charge in [-0.3, -0.25) is 9.59 Å². The highest BCUT2D eigenvalue weighted by Crippen LogP contribution is 2.46. The number of carboxylic acids is 1. The first-order chi connectivity index (χ1) is 16.7. The Labute approximate surface area is 205 Å². The molecule has 184 valence electrons. The van der Waals surface area contributed by atoms with E-state index in [1.54, 1.807) is 4.90 Å². The van der Waals surface area contributed by atoms with Gasteiger partial charge in [-0.2, -0.15) is 0 Å². The smallest absolute Gasteiger partial charge is 0.407 e. The Hall–Kier alpha value is -3.35. The normalized spacial score (nSPS) is 21.5. The molecular formula is C28H32N2O5. The van der Waals surface area contributed by atoms with Crippen LogP contribution >= 0.6 is 0 Å². The molecule has 35 heavy (non-hydrogen) atoms. The Morgan fingerprint density at radius 1 is 1.03 bits per heavy atom. The summed E-state index contributed by atoms with van der Waals surface area (Å²) in [6.45, 7) is 4.84. The number of benzene rings is 2. The third-order valence-corrected chi connectivity index (χ3v) is 8.21. The topological polar surface area (TPSA) is 95.9 Å². The number of hydrogen-bond acceptors (Lipinski definition) is 4. The minimum absolute atomic E-state index is 0.0211. The molecule has 0 aromatic heterocycles. The Kier molecular flexibility index (Phi) is 5.82. The van der Waals surface area contributed by atoms with Gasteiger partial charge in [0.1, 0.15) is 6.61 Å². The molecule has 1 saturated heterocycles. The van der Waals surface area contributed by atoms with E-state index in [0.717, 1.165) is 17.5 Å². The van der Waals surface area contributed by atoms with E-state index < -0.39 is 28.8 Å². The van der Waals surface area contributed by atoms with E-state index >= 15 is 0 Å². The zero-order chi connectivity index (χ0) is 24.8. The maximum atomic E-state index is 13.4. The Bertz CT molecular complexity index is 1120. The Balaban J connectivity index is 1.21. The summed E-state index contributed by atoms with van der Waals surface area (Å²) >= 11 is 0. The molecule has 7 heteroatoms. The van der Waals surface area contributed by atoms with E-state index in [1.807, 2.05) is 38.1 Å². The minimum Gasteiger partial charge on any atom is -0.481 e. The minimum atomic E-state index is -0.871. The molecule has 2 N–H and O–H groups in total. The molecule has 0 radical (unpaired) electrons. The molecule has 1 atom stereocenters. The summed E-state index contributed by atoms with van der Waals surface area (Å²) in [7, 11) is 0. The summed E-state index contributed by atoms with van der Waals surface area (Å²) < 4.78 is 5.64. The second kappa shape index (κ2) is 8.70. The van der Waals surface area contributed by atoms with Crippen molar-refractivity contribution in [2.24, 2.45) is 16.7 Å². The molecule has 2 aromatic rings. The second-order valence-electron chi connectivity index (χ2n) is 10.9. The van der Waals surface area contributed by atoms with Gasteiger partial charge in [-0.15, -0.1) is 0 Å². The number of alkyl carbamates (subject to hydrolysis) is 1. The number of nitrogens with one attached hydrogen (secondary N) is 1. The van der Waals surface area contributed by atoms with Crippen molar-refractivity contribution in [3.05, 3.63) is 59.7 Å². The molecule has 5 rings (SSSR count). The number of ether oxygens (including phenoxy) is 1. The molecule has 2 aliphatic carbocycles. The molecule has 2 amide bonds. The molecule has 1 unspecified atom stereocenters. The standard InChI is InChI=1S/C28H32N2O5/c1-27(2)17-30(14-23(27)24(31)32)25(33)28(12-7-13-28)16-29-26(34)35-15-22-20-10-5-3-8-18(20)19-9-4-6-11-21(19)22/h3-6,8-11,22-23H,7,12-17H2,1-2H3,(H,29,34)(H,31,32). The van der Waals surface area contributed by atoms with Crippen molar-refractivity contribution >= 4 is 18.0 Å². The lowest BCUT2D eigenvalue weighted by Gasteiger charge is -2.42. The van der Waals surface area contributed by atoms with Gasteiger partial charge in [0, 0.05) is 25.6 Å². The van der Waals surface area contributed by atoms with Crippen LogP contribution in [0.3, 0.4) is 0 Å². The highest BCUT2D eigenvalue weighted by molar-refractivity contribution is 5.86. The first kappa shape index (κ1) is 23.4. The number of aliphatic carboxylic acids is 1. The van der Waals surface area contributed by atoms with Gasteiger partial charge in [-0.1, -0.05) is 68.8 Å². The van der Waals surface area contributed by atoms with Gasteiger partial charge in [0.15, 0.2) is 0 Å². The number of hydrogen-bond donors (Lipinski definition) is 2. The van der Waals surface area contributed by atoms with Crippen molar-refractivity contribution in [1.82, 2.24) is 10.2 Å². The maximum Gasteiger partial charge on any atom is 0.407 e. The third-order valence-electron chi connectivity index (χ3n) is 8.21. The molecule has 0 bridgehead atoms. The summed E-state index contributed by atoms with van der Waals surface area (Å²) in [4.78, 5) is 39.4. The van der Waals surface area contributed by atoms with Gasteiger partial charge in [0.2, 0.25) is 5.91 Å². The lowest BCUT2D eigenvalue weighted by Crippen LogP contribution is -2.53. The first-order valence-electron chi connectivity index (χ1n) is 12.3. The number of likely N-dealkylation sites (tertiary alicyclic amines) is 1. The van der Waals surface area contributed by atoms with Crippen LogP contribution in [0.25, 0.3) is 11.1 Å². The molecule has 1 heterocycles. The van der Waals surface area contributed by atoms with Crippen LogP contribution in [0.15, 0.2) is 48.5 Å². The zero-order valence-corrected chi connectivity index (χ0v) is 20.3. The molecule has 2 aromatic carbocycles. The summed E-state index contributed by atoms with van der Waals surface area (Å²) in [5.41, 5.74) is 3.49. The molecule has 0 spiro atoms. The fourth-order valence-corrected chi connectivity index (χ4v) is 6.00. The van der Waals surface area contributed by atoms with Gasteiger partial charge in [-0.05, 0) is 40.5 Å². The molecule has 7 nitrogen and oxygen atoms in total. The van der Waals surface area contributed by atoms with E-state index in [9.17, 15) is 19.5 Å². The van der Waals surface area contributed by atoms with E-state index in [-0.39, 0.29) is 31.5 Å². The highest BCUT2D eigenvalue weighted by Gasteiger charge is 2.52. The van der Waals surface area contributed by atoms with Crippen LogP contribution in [-0.4, -0.2) is 54.2 Å². The van der Waals surface area contributed by atoms with Crippen molar-refractivity contribution in [3.8, 4) is 11.1 Å². The predicted molar refractivity (Wildman–Crippen MR) is 131 cm³/mol. The van der Waals surface area contributed by atoms with Crippen molar-refractivity contribution in [2.45, 2.75) is 39.0 Å². The van der Waals surface area contributed by atoms with E-state index in [2.05, 4.69) is 29.6 Å². The van der Waals surface area contributed by atoms with Gasteiger partial charge >= 0.3 is 12.1 Å². The van der Waals surface area contributed by atoms with Crippen LogP contribution in [0.5, 0.6) is 0 Å². The van der Waals surface area contributed by atoms with E-state index in [1.165, 1.54) is 11.1 Å². The molecule has 2 fully saturated rings. The fraction of sp³-hybridized carbons (Fsp3) is 0.464. The van der Waals surface area contributed by atoms with Crippen LogP contribution in [0.1, 0.15) is 50.2 Å². The second-order valence-corrected chi connectivity index (χ2v) is 10.9. The van der Waals surface area contributed by atoms with Crippen LogP contribution in [0, 0.1) is 16.7 Å². The summed E-state index contributed by atoms with van der Waals surface area (Å²) in [6, 6.07) is 16.4. The largest absolute Gasteiger partial charge is 0.481 e. The lowest BCUT2D eigenvalue weighted by atomic mass is 9.67. The van der Waals surface area contributed by atoms with Crippen LogP contribution in [-0.2, 0) is 14.3 Å². The van der Waals surface area contributed by atoms with Crippen molar-refractivity contribution in [1.29, 1.82) is 0 Å². The Morgan fingerprint density at radius 2 is 1.63 bits per heavy atom. The van der Waals surface area contributed by atoms with Gasteiger partial charge in [0.25, 0.3) is 0 Å². The SMILES string of the molecule is CC1(C)CN(C(=O)C2(CNC(=O)OCC3c4ccccc4-c4ccccc43)CCC2)CC1C(=O)O. The maximum absolute atomic E-state index is 13.4. The average molecular weight is 477 g/mol. The number of rotatable bonds is 6. The van der Waals surface area contributed by atoms with Gasteiger partial charge in [0.05, 0.1) is 11.3 Å². The quantitative estimate of drug-likeness (QED) is 0.649. The first-order valence-corrected chi connectivity index (χ1v) is 12.3. The number of amides is 2. The van der Waals surface area contributed by atoms with Gasteiger partial charge in [-0.25, -0.2) is 4.79 Å². The molecular weight excluding hydrogens is 444 g/mol. The van der Waals surface area contributed by atoms with Crippen LogP contribution in [0.2, 0.25) is 0 Å².